The molecule has 2 aromatic rings. The lowest BCUT2D eigenvalue weighted by molar-refractivity contribution is 0.0698. The Bertz CT molecular complexity index is 926. The van der Waals surface area contributed by atoms with Crippen LogP contribution in [0.4, 0.5) is 10.1 Å². The first-order chi connectivity index (χ1) is 11.7. The average Bonchev–Trinajstić information content (AvgIpc) is 2.55. The summed E-state index contributed by atoms with van der Waals surface area (Å²) in [6.07, 6.45) is 0. The van der Waals surface area contributed by atoms with Crippen molar-refractivity contribution in [3.05, 3.63) is 47.3 Å². The van der Waals surface area contributed by atoms with Crippen molar-refractivity contribution >= 4 is 21.7 Å². The number of para-hydroxylation sites is 1. The van der Waals surface area contributed by atoms with Gasteiger partial charge in [-0.15, -0.1) is 0 Å². The number of methoxy groups -OCH3 is 2. The van der Waals surface area contributed by atoms with Crippen LogP contribution >= 0.6 is 0 Å². The van der Waals surface area contributed by atoms with Crippen LogP contribution in [0.2, 0.25) is 0 Å². The minimum atomic E-state index is -4.40. The zero-order valence-corrected chi connectivity index (χ0v) is 14.5. The summed E-state index contributed by atoms with van der Waals surface area (Å²) in [5.41, 5.74) is -0.00185. The van der Waals surface area contributed by atoms with Crippen LogP contribution < -0.4 is 14.2 Å². The zero-order chi connectivity index (χ0) is 18.8. The van der Waals surface area contributed by atoms with Gasteiger partial charge in [-0.25, -0.2) is 17.6 Å². The van der Waals surface area contributed by atoms with Gasteiger partial charge in [-0.1, -0.05) is 12.1 Å². The number of anilines is 1. The number of carboxylic acid groups (broad SMARTS) is 1. The molecule has 9 heteroatoms. The largest absolute Gasteiger partial charge is 0.493 e. The van der Waals surface area contributed by atoms with Crippen molar-refractivity contribution in [1.29, 1.82) is 0 Å². The van der Waals surface area contributed by atoms with Gasteiger partial charge in [0.15, 0.2) is 11.5 Å². The summed E-state index contributed by atoms with van der Waals surface area (Å²) in [6.45, 7) is 1.54. The summed E-state index contributed by atoms with van der Waals surface area (Å²) < 4.78 is 51.4. The molecule has 0 saturated heterocycles. The molecule has 0 aliphatic rings. The van der Waals surface area contributed by atoms with Crippen LogP contribution in [0.15, 0.2) is 35.2 Å². The zero-order valence-electron chi connectivity index (χ0n) is 13.7. The van der Waals surface area contributed by atoms with E-state index in [-0.39, 0.29) is 22.7 Å². The van der Waals surface area contributed by atoms with E-state index in [2.05, 4.69) is 4.72 Å². The van der Waals surface area contributed by atoms with E-state index in [0.717, 1.165) is 12.1 Å². The van der Waals surface area contributed by atoms with Gasteiger partial charge in [0.05, 0.1) is 25.5 Å². The van der Waals surface area contributed by atoms with Crippen LogP contribution in [0.5, 0.6) is 11.5 Å². The molecule has 0 aliphatic carbocycles. The Hall–Kier alpha value is -2.81. The lowest BCUT2D eigenvalue weighted by Gasteiger charge is -2.15. The second-order valence-corrected chi connectivity index (χ2v) is 6.70. The fourth-order valence-electron chi connectivity index (χ4n) is 2.21. The Morgan fingerprint density at radius 2 is 1.76 bits per heavy atom. The number of ether oxygens (including phenoxy) is 2. The summed E-state index contributed by atoms with van der Waals surface area (Å²) >= 11 is 0. The number of carbonyl (C=O) groups is 1. The van der Waals surface area contributed by atoms with Crippen LogP contribution in [0.3, 0.4) is 0 Å². The molecule has 2 rings (SSSR count). The smallest absolute Gasteiger partial charge is 0.337 e. The summed E-state index contributed by atoms with van der Waals surface area (Å²) in [5, 5.41) is 9.22. The van der Waals surface area contributed by atoms with E-state index in [1.807, 2.05) is 0 Å². The molecule has 0 atom stereocenters. The fraction of sp³-hybridized carbons (Fsp3) is 0.188. The van der Waals surface area contributed by atoms with Gasteiger partial charge in [0.1, 0.15) is 10.7 Å². The number of aryl methyl sites for hydroxylation is 1. The van der Waals surface area contributed by atoms with Gasteiger partial charge in [0.2, 0.25) is 0 Å². The topological polar surface area (TPSA) is 102 Å². The first-order valence-electron chi connectivity index (χ1n) is 6.98. The number of sulfonamides is 1. The molecule has 0 aliphatic heterocycles. The average molecular weight is 369 g/mol. The van der Waals surface area contributed by atoms with E-state index in [4.69, 9.17) is 9.47 Å². The molecule has 2 aromatic carbocycles. The van der Waals surface area contributed by atoms with Crippen molar-refractivity contribution in [3.63, 3.8) is 0 Å². The van der Waals surface area contributed by atoms with Crippen molar-refractivity contribution in [1.82, 2.24) is 0 Å². The number of hydrogen-bond donors (Lipinski definition) is 2. The quantitative estimate of drug-likeness (QED) is 0.812. The predicted octanol–water partition coefficient (Wildman–Crippen LogP) is 2.65. The van der Waals surface area contributed by atoms with Gasteiger partial charge < -0.3 is 14.6 Å². The number of nitrogens with one attached hydrogen (secondary N) is 1. The molecular weight excluding hydrogens is 353 g/mol. The van der Waals surface area contributed by atoms with Crippen molar-refractivity contribution in [3.8, 4) is 11.5 Å². The van der Waals surface area contributed by atoms with Crippen molar-refractivity contribution in [2.45, 2.75) is 11.8 Å². The van der Waals surface area contributed by atoms with E-state index in [1.165, 1.54) is 39.3 Å². The van der Waals surface area contributed by atoms with Crippen molar-refractivity contribution < 1.29 is 32.2 Å². The molecule has 0 fully saturated rings. The second-order valence-electron chi connectivity index (χ2n) is 5.05. The third kappa shape index (κ3) is 3.66. The van der Waals surface area contributed by atoms with E-state index in [0.29, 0.717) is 5.56 Å². The molecule has 0 radical (unpaired) electrons. The molecule has 0 spiro atoms. The molecular formula is C16H16FNO6S. The Balaban J connectivity index is 2.57. The van der Waals surface area contributed by atoms with Crippen LogP contribution in [-0.4, -0.2) is 33.7 Å². The molecule has 7 nitrogen and oxygen atoms in total. The maximum absolute atomic E-state index is 14.2. The molecule has 134 valence electrons. The van der Waals surface area contributed by atoms with Gasteiger partial charge in [-0.3, -0.25) is 4.72 Å². The second kappa shape index (κ2) is 6.98. The maximum Gasteiger partial charge on any atom is 0.337 e. The Morgan fingerprint density at radius 1 is 1.16 bits per heavy atom. The molecule has 0 unspecified atom stereocenters. The summed E-state index contributed by atoms with van der Waals surface area (Å²) in [7, 11) is -1.83. The fourth-order valence-corrected chi connectivity index (χ4v) is 3.44. The lowest BCUT2D eigenvalue weighted by atomic mass is 10.1. The summed E-state index contributed by atoms with van der Waals surface area (Å²) in [6, 6.07) is 6.11. The first kappa shape index (κ1) is 18.5. The van der Waals surface area contributed by atoms with Gasteiger partial charge in [0, 0.05) is 12.1 Å². The minimum absolute atomic E-state index is 0.0208. The van der Waals surface area contributed by atoms with Crippen LogP contribution in [0, 0.1) is 12.7 Å². The Labute approximate surface area is 144 Å². The molecule has 0 heterocycles. The van der Waals surface area contributed by atoms with E-state index < -0.39 is 26.7 Å². The molecule has 25 heavy (non-hydrogen) atoms. The Kier molecular flexibility index (Phi) is 5.17. The number of hydrogen-bond acceptors (Lipinski definition) is 5. The highest BCUT2D eigenvalue weighted by Crippen LogP contribution is 2.33. The number of rotatable bonds is 6. The van der Waals surface area contributed by atoms with Crippen molar-refractivity contribution in [2.24, 2.45) is 0 Å². The normalized spacial score (nSPS) is 11.0. The van der Waals surface area contributed by atoms with E-state index in [9.17, 15) is 22.7 Å². The lowest BCUT2D eigenvalue weighted by Crippen LogP contribution is -2.18. The minimum Gasteiger partial charge on any atom is -0.493 e. The summed E-state index contributed by atoms with van der Waals surface area (Å²) in [5.74, 6) is -2.32. The summed E-state index contributed by atoms with van der Waals surface area (Å²) in [4.78, 5) is 10.6. The van der Waals surface area contributed by atoms with Crippen LogP contribution in [0.25, 0.3) is 0 Å². The Morgan fingerprint density at radius 3 is 2.32 bits per heavy atom. The maximum atomic E-state index is 14.2. The van der Waals surface area contributed by atoms with Gasteiger partial charge in [0.25, 0.3) is 10.0 Å². The van der Waals surface area contributed by atoms with Gasteiger partial charge in [-0.2, -0.15) is 0 Å². The highest BCUT2D eigenvalue weighted by Gasteiger charge is 2.25. The van der Waals surface area contributed by atoms with Gasteiger partial charge in [-0.05, 0) is 18.6 Å². The number of benzene rings is 2. The number of carboxylic acids is 1. The third-order valence-corrected chi connectivity index (χ3v) is 4.83. The molecule has 0 aromatic heterocycles. The monoisotopic (exact) mass is 369 g/mol. The molecule has 0 bridgehead atoms. The first-order valence-corrected chi connectivity index (χ1v) is 8.46. The van der Waals surface area contributed by atoms with E-state index >= 15 is 0 Å². The standard InChI is InChI=1S/C16H16FNO6S/c1-9-5-4-6-10(16(19)20)15(9)18-25(21,22)14-8-13(24-3)12(23-2)7-11(14)17/h4-8,18H,1-3H3,(H,19,20). The number of aromatic carboxylic acids is 1. The van der Waals surface area contributed by atoms with Crippen molar-refractivity contribution in [2.75, 3.05) is 18.9 Å². The van der Waals surface area contributed by atoms with E-state index in [1.54, 1.807) is 0 Å². The van der Waals surface area contributed by atoms with Gasteiger partial charge >= 0.3 is 5.97 Å². The molecule has 2 N–H and O–H groups in total. The predicted molar refractivity (Wildman–Crippen MR) is 88.5 cm³/mol. The SMILES string of the molecule is COc1cc(F)c(S(=O)(=O)Nc2c(C)cccc2C(=O)O)cc1OC. The van der Waals surface area contributed by atoms with Crippen LogP contribution in [-0.2, 0) is 10.0 Å². The van der Waals surface area contributed by atoms with Crippen LogP contribution in [0.1, 0.15) is 15.9 Å². The molecule has 0 amide bonds. The molecule has 0 saturated carbocycles. The third-order valence-electron chi connectivity index (χ3n) is 3.47. The highest BCUT2D eigenvalue weighted by molar-refractivity contribution is 7.92. The number of halogens is 1. The highest BCUT2D eigenvalue weighted by atomic mass is 32.2.